The number of urea groups is 1. The number of anilines is 2. The Balaban J connectivity index is 1.69. The summed E-state index contributed by atoms with van der Waals surface area (Å²) in [7, 11) is 0. The molecule has 0 aliphatic carbocycles. The van der Waals surface area contributed by atoms with Crippen LogP contribution in [0.15, 0.2) is 18.2 Å². The molecule has 2 aliphatic heterocycles. The van der Waals surface area contributed by atoms with Crippen LogP contribution in [0.2, 0.25) is 0 Å². The van der Waals surface area contributed by atoms with Crippen LogP contribution in [0, 0.1) is 11.8 Å². The van der Waals surface area contributed by atoms with Crippen LogP contribution < -0.4 is 16.0 Å². The first-order chi connectivity index (χ1) is 12.5. The third kappa shape index (κ3) is 3.94. The molecule has 6 heteroatoms. The molecule has 1 unspecified atom stereocenters. The highest BCUT2D eigenvalue weighted by Crippen LogP contribution is 2.33. The number of nitrogens with one attached hydrogen (secondary N) is 1. The van der Waals surface area contributed by atoms with Crippen LogP contribution in [0.3, 0.4) is 0 Å². The Bertz CT molecular complexity index is 674. The SMILES string of the molecule is CC(C)CNC(=O)N1CCCC(C(=O)N2CCCc3c(N)cccc32)C1. The van der Waals surface area contributed by atoms with Gasteiger partial charge < -0.3 is 20.9 Å². The number of amides is 3. The first kappa shape index (κ1) is 18.5. The molecular weight excluding hydrogens is 328 g/mol. The van der Waals surface area contributed by atoms with Gasteiger partial charge in [0.15, 0.2) is 0 Å². The van der Waals surface area contributed by atoms with Crippen LogP contribution in [-0.4, -0.2) is 43.0 Å². The molecule has 3 rings (SSSR count). The molecule has 0 aromatic heterocycles. The highest BCUT2D eigenvalue weighted by molar-refractivity contribution is 5.97. The summed E-state index contributed by atoms with van der Waals surface area (Å²) in [5.41, 5.74) is 8.89. The van der Waals surface area contributed by atoms with E-state index >= 15 is 0 Å². The van der Waals surface area contributed by atoms with E-state index in [4.69, 9.17) is 5.73 Å². The van der Waals surface area contributed by atoms with E-state index < -0.39 is 0 Å². The fourth-order valence-electron chi connectivity index (χ4n) is 3.87. The van der Waals surface area contributed by atoms with E-state index in [-0.39, 0.29) is 17.9 Å². The van der Waals surface area contributed by atoms with Crippen molar-refractivity contribution in [3.63, 3.8) is 0 Å². The van der Waals surface area contributed by atoms with Crippen molar-refractivity contribution in [1.82, 2.24) is 10.2 Å². The number of fused-ring (bicyclic) bond motifs is 1. The zero-order valence-electron chi connectivity index (χ0n) is 15.8. The lowest BCUT2D eigenvalue weighted by atomic mass is 9.93. The number of carbonyl (C=O) groups excluding carboxylic acids is 2. The molecular formula is C20H30N4O2. The lowest BCUT2D eigenvalue weighted by molar-refractivity contribution is -0.123. The number of nitrogens with zero attached hydrogens (tertiary/aromatic N) is 2. The molecule has 1 saturated heterocycles. The summed E-state index contributed by atoms with van der Waals surface area (Å²) in [5.74, 6) is 0.398. The lowest BCUT2D eigenvalue weighted by Crippen LogP contribution is -2.50. The molecule has 0 saturated carbocycles. The fourth-order valence-corrected chi connectivity index (χ4v) is 3.87. The van der Waals surface area contributed by atoms with E-state index in [1.807, 2.05) is 23.1 Å². The molecule has 2 aliphatic rings. The summed E-state index contributed by atoms with van der Waals surface area (Å²) in [5, 5.41) is 2.96. The van der Waals surface area contributed by atoms with E-state index in [0.717, 1.165) is 55.7 Å². The number of nitrogen functional groups attached to an aromatic ring is 1. The first-order valence-electron chi connectivity index (χ1n) is 9.69. The maximum atomic E-state index is 13.2. The van der Waals surface area contributed by atoms with Crippen LogP contribution in [0.25, 0.3) is 0 Å². The van der Waals surface area contributed by atoms with Gasteiger partial charge in [-0.15, -0.1) is 0 Å². The molecule has 3 amide bonds. The molecule has 1 atom stereocenters. The second-order valence-electron chi connectivity index (χ2n) is 7.80. The molecule has 1 aromatic carbocycles. The van der Waals surface area contributed by atoms with Crippen LogP contribution in [0.5, 0.6) is 0 Å². The second kappa shape index (κ2) is 7.98. The van der Waals surface area contributed by atoms with E-state index in [1.165, 1.54) is 0 Å². The van der Waals surface area contributed by atoms with Gasteiger partial charge in [0.25, 0.3) is 0 Å². The predicted molar refractivity (Wildman–Crippen MR) is 104 cm³/mol. The van der Waals surface area contributed by atoms with Crippen molar-refractivity contribution in [2.24, 2.45) is 11.8 Å². The molecule has 2 heterocycles. The minimum atomic E-state index is -0.138. The van der Waals surface area contributed by atoms with Gasteiger partial charge in [-0.25, -0.2) is 4.79 Å². The number of likely N-dealkylation sites (tertiary alicyclic amines) is 1. The summed E-state index contributed by atoms with van der Waals surface area (Å²) in [6, 6.07) is 5.73. The Morgan fingerprint density at radius 2 is 2.08 bits per heavy atom. The smallest absolute Gasteiger partial charge is 0.317 e. The number of piperidine rings is 1. The first-order valence-corrected chi connectivity index (χ1v) is 9.69. The summed E-state index contributed by atoms with van der Waals surface area (Å²) in [6.07, 6.45) is 3.54. The molecule has 1 fully saturated rings. The summed E-state index contributed by atoms with van der Waals surface area (Å²) in [4.78, 5) is 29.2. The molecule has 0 radical (unpaired) electrons. The highest BCUT2D eigenvalue weighted by atomic mass is 16.2. The standard InChI is InChI=1S/C20H30N4O2/c1-14(2)12-22-20(26)23-10-4-6-15(13-23)19(25)24-11-5-7-16-17(21)8-3-9-18(16)24/h3,8-9,14-15H,4-7,10-13,21H2,1-2H3,(H,22,26). The molecule has 3 N–H and O–H groups in total. The van der Waals surface area contributed by atoms with E-state index in [9.17, 15) is 9.59 Å². The number of carbonyl (C=O) groups is 2. The zero-order chi connectivity index (χ0) is 18.7. The molecule has 0 spiro atoms. The predicted octanol–water partition coefficient (Wildman–Crippen LogP) is 2.63. The number of rotatable bonds is 3. The van der Waals surface area contributed by atoms with Crippen LogP contribution >= 0.6 is 0 Å². The minimum Gasteiger partial charge on any atom is -0.398 e. The normalized spacial score (nSPS) is 20.0. The Kier molecular flexibility index (Phi) is 5.69. The van der Waals surface area contributed by atoms with Gasteiger partial charge in [-0.3, -0.25) is 4.79 Å². The average molecular weight is 358 g/mol. The monoisotopic (exact) mass is 358 g/mol. The van der Waals surface area contributed by atoms with Crippen molar-refractivity contribution in [2.75, 3.05) is 36.8 Å². The van der Waals surface area contributed by atoms with Gasteiger partial charge in [-0.2, -0.15) is 0 Å². The summed E-state index contributed by atoms with van der Waals surface area (Å²) in [6.45, 7) is 6.75. The number of benzene rings is 1. The molecule has 26 heavy (non-hydrogen) atoms. The van der Waals surface area contributed by atoms with Gasteiger partial charge >= 0.3 is 6.03 Å². The topological polar surface area (TPSA) is 78.7 Å². The molecule has 142 valence electrons. The van der Waals surface area contributed by atoms with Crippen molar-refractivity contribution in [3.8, 4) is 0 Å². The summed E-state index contributed by atoms with van der Waals surface area (Å²) >= 11 is 0. The fraction of sp³-hybridized carbons (Fsp3) is 0.600. The van der Waals surface area contributed by atoms with E-state index in [1.54, 1.807) is 4.90 Å². The Morgan fingerprint density at radius 1 is 1.27 bits per heavy atom. The van der Waals surface area contributed by atoms with Gasteiger partial charge in [0, 0.05) is 37.6 Å². The van der Waals surface area contributed by atoms with Crippen molar-refractivity contribution < 1.29 is 9.59 Å². The number of hydrogen-bond donors (Lipinski definition) is 2. The van der Waals surface area contributed by atoms with Crippen LogP contribution in [-0.2, 0) is 11.2 Å². The van der Waals surface area contributed by atoms with Crippen LogP contribution in [0.4, 0.5) is 16.2 Å². The van der Waals surface area contributed by atoms with Gasteiger partial charge in [0.1, 0.15) is 0 Å². The quantitative estimate of drug-likeness (QED) is 0.815. The van der Waals surface area contributed by atoms with E-state index in [2.05, 4.69) is 19.2 Å². The zero-order valence-corrected chi connectivity index (χ0v) is 15.8. The maximum Gasteiger partial charge on any atom is 0.317 e. The van der Waals surface area contributed by atoms with Crippen molar-refractivity contribution in [2.45, 2.75) is 39.5 Å². The van der Waals surface area contributed by atoms with Crippen molar-refractivity contribution in [3.05, 3.63) is 23.8 Å². The molecule has 6 nitrogen and oxygen atoms in total. The highest BCUT2D eigenvalue weighted by Gasteiger charge is 2.33. The van der Waals surface area contributed by atoms with Gasteiger partial charge in [0.05, 0.1) is 5.92 Å². The van der Waals surface area contributed by atoms with Gasteiger partial charge in [-0.05, 0) is 49.3 Å². The molecule has 1 aromatic rings. The Labute approximate surface area is 155 Å². The Hall–Kier alpha value is -2.24. The average Bonchev–Trinajstić information content (AvgIpc) is 2.65. The third-order valence-corrected chi connectivity index (χ3v) is 5.27. The maximum absolute atomic E-state index is 13.2. The lowest BCUT2D eigenvalue weighted by Gasteiger charge is -2.37. The van der Waals surface area contributed by atoms with E-state index in [0.29, 0.717) is 19.0 Å². The van der Waals surface area contributed by atoms with Crippen molar-refractivity contribution in [1.29, 1.82) is 0 Å². The number of nitrogens with two attached hydrogens (primary N) is 1. The summed E-state index contributed by atoms with van der Waals surface area (Å²) < 4.78 is 0. The second-order valence-corrected chi connectivity index (χ2v) is 7.80. The van der Waals surface area contributed by atoms with Crippen molar-refractivity contribution >= 4 is 23.3 Å². The molecule has 0 bridgehead atoms. The van der Waals surface area contributed by atoms with Gasteiger partial charge in [0.2, 0.25) is 5.91 Å². The van der Waals surface area contributed by atoms with Crippen LogP contribution in [0.1, 0.15) is 38.7 Å². The number of hydrogen-bond acceptors (Lipinski definition) is 3. The third-order valence-electron chi connectivity index (χ3n) is 5.27. The Morgan fingerprint density at radius 3 is 2.85 bits per heavy atom. The largest absolute Gasteiger partial charge is 0.398 e. The van der Waals surface area contributed by atoms with Gasteiger partial charge in [-0.1, -0.05) is 19.9 Å². The minimum absolute atomic E-state index is 0.0560.